The van der Waals surface area contributed by atoms with Crippen LogP contribution in [0.5, 0.6) is 0 Å². The minimum Gasteiger partial charge on any atom is -0.371 e. The van der Waals surface area contributed by atoms with E-state index in [1.807, 2.05) is 35.2 Å². The topological polar surface area (TPSA) is 29.5 Å². The molecule has 0 bridgehead atoms. The van der Waals surface area contributed by atoms with Crippen molar-refractivity contribution in [3.8, 4) is 0 Å². The van der Waals surface area contributed by atoms with Crippen LogP contribution < -0.4 is 0 Å². The second-order valence-corrected chi connectivity index (χ2v) is 6.81. The molecule has 1 aliphatic rings. The minimum atomic E-state index is 0.0448. The Hall–Kier alpha value is -1.65. The molecule has 0 aromatic heterocycles. The monoisotopic (exact) mass is 373 g/mol. The summed E-state index contributed by atoms with van der Waals surface area (Å²) >= 11 is 3.46. The molecule has 2 aromatic carbocycles. The zero-order chi connectivity index (χ0) is 16.2. The van der Waals surface area contributed by atoms with Crippen molar-refractivity contribution in [1.29, 1.82) is 0 Å². The first-order valence-electron chi connectivity index (χ1n) is 7.83. The Morgan fingerprint density at radius 2 is 1.83 bits per heavy atom. The van der Waals surface area contributed by atoms with Crippen LogP contribution in [0.2, 0.25) is 0 Å². The van der Waals surface area contributed by atoms with Gasteiger partial charge in [0.2, 0.25) is 5.91 Å². The highest BCUT2D eigenvalue weighted by Crippen LogP contribution is 2.28. The zero-order valence-electron chi connectivity index (χ0n) is 13.1. The summed E-state index contributed by atoms with van der Waals surface area (Å²) in [4.78, 5) is 14.4. The average molecular weight is 374 g/mol. The Kier molecular flexibility index (Phi) is 5.13. The summed E-state index contributed by atoms with van der Waals surface area (Å²) < 4.78 is 6.67. The standard InChI is InChI=1S/C19H20BrNO2/c1-14(15-5-3-2-4-6-15)21-11-17(12-23-13-19(21)22)16-7-9-18(20)10-8-16/h2-10,14,17H,11-13H2,1H3/t14-,17+/m1/s1. The van der Waals surface area contributed by atoms with Crippen LogP contribution in [0.15, 0.2) is 59.1 Å². The van der Waals surface area contributed by atoms with Crippen LogP contribution in [0.3, 0.4) is 0 Å². The lowest BCUT2D eigenvalue weighted by Gasteiger charge is -2.30. The van der Waals surface area contributed by atoms with Gasteiger partial charge in [-0.3, -0.25) is 4.79 Å². The molecule has 0 N–H and O–H groups in total. The normalized spacial score (nSPS) is 20.2. The zero-order valence-corrected chi connectivity index (χ0v) is 14.7. The fourth-order valence-corrected chi connectivity index (χ4v) is 3.25. The molecule has 3 nitrogen and oxygen atoms in total. The van der Waals surface area contributed by atoms with Gasteiger partial charge < -0.3 is 9.64 Å². The summed E-state index contributed by atoms with van der Waals surface area (Å²) in [5, 5.41) is 0. The number of ether oxygens (including phenoxy) is 1. The molecule has 3 rings (SSSR count). The quantitative estimate of drug-likeness (QED) is 0.808. The third-order valence-corrected chi connectivity index (χ3v) is 4.90. The molecular formula is C19H20BrNO2. The van der Waals surface area contributed by atoms with Crippen LogP contribution in [0.1, 0.15) is 30.0 Å². The third-order valence-electron chi connectivity index (χ3n) is 4.37. The van der Waals surface area contributed by atoms with Crippen LogP contribution in [0, 0.1) is 0 Å². The number of carbonyl (C=O) groups excluding carboxylic acids is 1. The van der Waals surface area contributed by atoms with Gasteiger partial charge in [-0.2, -0.15) is 0 Å². The largest absolute Gasteiger partial charge is 0.371 e. The van der Waals surface area contributed by atoms with Gasteiger partial charge in [-0.1, -0.05) is 58.4 Å². The van der Waals surface area contributed by atoms with Crippen LogP contribution in [0.4, 0.5) is 0 Å². The number of rotatable bonds is 3. The van der Waals surface area contributed by atoms with Gasteiger partial charge in [0.15, 0.2) is 0 Å². The number of halogens is 1. The fraction of sp³-hybridized carbons (Fsp3) is 0.316. The number of hydrogen-bond acceptors (Lipinski definition) is 2. The second kappa shape index (κ2) is 7.28. The van der Waals surface area contributed by atoms with Crippen LogP contribution in [-0.4, -0.2) is 30.6 Å². The first kappa shape index (κ1) is 16.2. The third kappa shape index (κ3) is 3.82. The van der Waals surface area contributed by atoms with Crippen molar-refractivity contribution in [2.24, 2.45) is 0 Å². The van der Waals surface area contributed by atoms with E-state index in [0.29, 0.717) is 13.2 Å². The predicted molar refractivity (Wildman–Crippen MR) is 94.3 cm³/mol. The van der Waals surface area contributed by atoms with E-state index in [1.54, 1.807) is 0 Å². The molecule has 0 unspecified atom stereocenters. The lowest BCUT2D eigenvalue weighted by atomic mass is 9.98. The number of amides is 1. The Morgan fingerprint density at radius 1 is 1.13 bits per heavy atom. The van der Waals surface area contributed by atoms with Crippen LogP contribution >= 0.6 is 15.9 Å². The first-order chi connectivity index (χ1) is 11.1. The van der Waals surface area contributed by atoms with Crippen molar-refractivity contribution in [1.82, 2.24) is 4.90 Å². The molecule has 0 spiro atoms. The van der Waals surface area contributed by atoms with Crippen molar-refractivity contribution in [3.63, 3.8) is 0 Å². The van der Waals surface area contributed by atoms with E-state index in [-0.39, 0.29) is 24.5 Å². The van der Waals surface area contributed by atoms with Gasteiger partial charge in [-0.05, 0) is 30.2 Å². The number of nitrogens with zero attached hydrogens (tertiary/aromatic N) is 1. The number of hydrogen-bond donors (Lipinski definition) is 0. The van der Waals surface area contributed by atoms with E-state index in [4.69, 9.17) is 4.74 Å². The molecule has 1 heterocycles. The maximum atomic E-state index is 12.5. The molecule has 0 saturated carbocycles. The first-order valence-corrected chi connectivity index (χ1v) is 8.62. The van der Waals surface area contributed by atoms with Crippen molar-refractivity contribution in [3.05, 3.63) is 70.2 Å². The molecule has 23 heavy (non-hydrogen) atoms. The smallest absolute Gasteiger partial charge is 0.249 e. The Labute approximate surface area is 145 Å². The number of benzene rings is 2. The molecule has 1 aliphatic heterocycles. The molecular weight excluding hydrogens is 354 g/mol. The van der Waals surface area contributed by atoms with E-state index in [2.05, 4.69) is 47.1 Å². The van der Waals surface area contributed by atoms with Crippen molar-refractivity contribution in [2.45, 2.75) is 18.9 Å². The Balaban J connectivity index is 1.83. The molecule has 1 amide bonds. The van der Waals surface area contributed by atoms with Gasteiger partial charge >= 0.3 is 0 Å². The van der Waals surface area contributed by atoms with Crippen molar-refractivity contribution in [2.75, 3.05) is 19.8 Å². The van der Waals surface area contributed by atoms with Gasteiger partial charge in [0.1, 0.15) is 6.61 Å². The van der Waals surface area contributed by atoms with E-state index >= 15 is 0 Å². The highest BCUT2D eigenvalue weighted by molar-refractivity contribution is 9.10. The molecule has 2 atom stereocenters. The summed E-state index contributed by atoms with van der Waals surface area (Å²) in [6.07, 6.45) is 0. The summed E-state index contributed by atoms with van der Waals surface area (Å²) in [6.45, 7) is 3.49. The van der Waals surface area contributed by atoms with E-state index in [0.717, 1.165) is 10.0 Å². The van der Waals surface area contributed by atoms with E-state index in [1.165, 1.54) is 5.56 Å². The Morgan fingerprint density at radius 3 is 2.52 bits per heavy atom. The molecule has 1 fully saturated rings. The molecule has 4 heteroatoms. The molecule has 0 radical (unpaired) electrons. The van der Waals surface area contributed by atoms with Gasteiger partial charge in [-0.15, -0.1) is 0 Å². The van der Waals surface area contributed by atoms with Crippen molar-refractivity contribution < 1.29 is 9.53 Å². The van der Waals surface area contributed by atoms with E-state index in [9.17, 15) is 4.79 Å². The predicted octanol–water partition coefficient (Wildman–Crippen LogP) is 4.15. The Bertz CT molecular complexity index is 657. The minimum absolute atomic E-state index is 0.0448. The molecule has 2 aromatic rings. The lowest BCUT2D eigenvalue weighted by molar-refractivity contribution is -0.135. The summed E-state index contributed by atoms with van der Waals surface area (Å²) in [5.41, 5.74) is 2.35. The summed E-state index contributed by atoms with van der Waals surface area (Å²) in [6, 6.07) is 18.5. The van der Waals surface area contributed by atoms with Gasteiger partial charge in [0.05, 0.1) is 12.6 Å². The molecule has 0 aliphatic carbocycles. The van der Waals surface area contributed by atoms with Gasteiger partial charge in [-0.25, -0.2) is 0 Å². The second-order valence-electron chi connectivity index (χ2n) is 5.90. The fourth-order valence-electron chi connectivity index (χ4n) is 2.99. The van der Waals surface area contributed by atoms with Crippen molar-refractivity contribution >= 4 is 21.8 Å². The highest BCUT2D eigenvalue weighted by atomic mass is 79.9. The van der Waals surface area contributed by atoms with Crippen LogP contribution in [-0.2, 0) is 9.53 Å². The lowest BCUT2D eigenvalue weighted by Crippen LogP contribution is -2.36. The summed E-state index contributed by atoms with van der Waals surface area (Å²) in [5.74, 6) is 0.252. The molecule has 120 valence electrons. The SMILES string of the molecule is C[C@H](c1ccccc1)N1C[C@H](c2ccc(Br)cc2)COCC1=O. The van der Waals surface area contributed by atoms with E-state index < -0.39 is 0 Å². The maximum absolute atomic E-state index is 12.5. The molecule has 1 saturated heterocycles. The summed E-state index contributed by atoms with van der Waals surface area (Å²) in [7, 11) is 0. The average Bonchev–Trinajstić information content (AvgIpc) is 2.77. The van der Waals surface area contributed by atoms with Gasteiger partial charge in [0, 0.05) is 16.9 Å². The highest BCUT2D eigenvalue weighted by Gasteiger charge is 2.28. The van der Waals surface area contributed by atoms with Gasteiger partial charge in [0.25, 0.3) is 0 Å². The maximum Gasteiger partial charge on any atom is 0.249 e. The van der Waals surface area contributed by atoms with Crippen LogP contribution in [0.25, 0.3) is 0 Å². The number of carbonyl (C=O) groups is 1.